The average molecular weight is 250 g/mol. The lowest BCUT2D eigenvalue weighted by Crippen LogP contribution is -2.39. The van der Waals surface area contributed by atoms with Gasteiger partial charge in [0.1, 0.15) is 0 Å². The number of hydrogen-bond acceptors (Lipinski definition) is 3. The van der Waals surface area contributed by atoms with Gasteiger partial charge in [0.15, 0.2) is 0 Å². The standard InChI is InChI=1S/C14H26N4/c1-13(2)12(14(13,3)4)11(17-15)7-6-10-8-9-16-18(10)5/h8-9,11-12,17H,6-7,15H2,1-5H3. The molecule has 1 aromatic rings. The van der Waals surface area contributed by atoms with Gasteiger partial charge in [0.2, 0.25) is 0 Å². The van der Waals surface area contributed by atoms with E-state index in [-0.39, 0.29) is 0 Å². The van der Waals surface area contributed by atoms with Crippen molar-refractivity contribution in [3.8, 4) is 0 Å². The first kappa shape index (κ1) is 13.6. The van der Waals surface area contributed by atoms with Crippen LogP contribution in [0.1, 0.15) is 39.8 Å². The number of nitrogens with one attached hydrogen (secondary N) is 1. The fraction of sp³-hybridized carbons (Fsp3) is 0.786. The van der Waals surface area contributed by atoms with Crippen LogP contribution in [0, 0.1) is 16.7 Å². The summed E-state index contributed by atoms with van der Waals surface area (Å²) in [5.74, 6) is 6.40. The monoisotopic (exact) mass is 250 g/mol. The van der Waals surface area contributed by atoms with Gasteiger partial charge in [-0.25, -0.2) is 0 Å². The molecule has 1 saturated carbocycles. The third-order valence-electron chi connectivity index (χ3n) is 5.38. The van der Waals surface area contributed by atoms with E-state index in [2.05, 4.69) is 44.3 Å². The van der Waals surface area contributed by atoms with Gasteiger partial charge in [-0.1, -0.05) is 27.7 Å². The maximum absolute atomic E-state index is 5.76. The quantitative estimate of drug-likeness (QED) is 0.619. The molecule has 1 heterocycles. The summed E-state index contributed by atoms with van der Waals surface area (Å²) in [4.78, 5) is 0. The molecule has 4 nitrogen and oxygen atoms in total. The molecule has 102 valence electrons. The Bertz CT molecular complexity index is 405. The highest BCUT2D eigenvalue weighted by atomic mass is 15.3. The molecule has 1 aliphatic carbocycles. The molecule has 2 rings (SSSR count). The van der Waals surface area contributed by atoms with Gasteiger partial charge in [-0.2, -0.15) is 5.10 Å². The van der Waals surface area contributed by atoms with E-state index in [9.17, 15) is 0 Å². The van der Waals surface area contributed by atoms with Gasteiger partial charge in [-0.3, -0.25) is 16.0 Å². The van der Waals surface area contributed by atoms with Gasteiger partial charge in [0, 0.05) is 25.0 Å². The Kier molecular flexibility index (Phi) is 3.28. The smallest absolute Gasteiger partial charge is 0.0492 e. The van der Waals surface area contributed by atoms with Crippen LogP contribution in [0.5, 0.6) is 0 Å². The van der Waals surface area contributed by atoms with Crippen molar-refractivity contribution in [2.24, 2.45) is 29.6 Å². The van der Waals surface area contributed by atoms with Gasteiger partial charge in [0.25, 0.3) is 0 Å². The van der Waals surface area contributed by atoms with Crippen LogP contribution < -0.4 is 11.3 Å². The van der Waals surface area contributed by atoms with Crippen LogP contribution in [0.4, 0.5) is 0 Å². The number of nitrogens with two attached hydrogens (primary N) is 1. The summed E-state index contributed by atoms with van der Waals surface area (Å²) in [6.07, 6.45) is 3.94. The van der Waals surface area contributed by atoms with Crippen LogP contribution in [-0.2, 0) is 13.5 Å². The Morgan fingerprint density at radius 3 is 2.39 bits per heavy atom. The molecule has 0 radical (unpaired) electrons. The normalized spacial score (nSPS) is 23.0. The van der Waals surface area contributed by atoms with Gasteiger partial charge < -0.3 is 0 Å². The lowest BCUT2D eigenvalue weighted by Gasteiger charge is -2.18. The largest absolute Gasteiger partial charge is 0.273 e. The van der Waals surface area contributed by atoms with Crippen LogP contribution >= 0.6 is 0 Å². The SMILES string of the molecule is Cn1nccc1CCC(NN)C1C(C)(C)C1(C)C. The molecule has 1 fully saturated rings. The van der Waals surface area contributed by atoms with Gasteiger partial charge in [0.05, 0.1) is 0 Å². The number of nitrogens with zero attached hydrogens (tertiary/aromatic N) is 2. The first-order valence-electron chi connectivity index (χ1n) is 6.75. The van der Waals surface area contributed by atoms with Crippen molar-refractivity contribution < 1.29 is 0 Å². The predicted molar refractivity (Wildman–Crippen MR) is 73.7 cm³/mol. The molecule has 1 atom stereocenters. The molecular weight excluding hydrogens is 224 g/mol. The van der Waals surface area contributed by atoms with E-state index in [4.69, 9.17) is 5.84 Å². The zero-order valence-electron chi connectivity index (χ0n) is 12.2. The zero-order valence-corrected chi connectivity index (χ0v) is 12.2. The number of aromatic nitrogens is 2. The first-order chi connectivity index (χ1) is 8.32. The molecule has 1 aliphatic rings. The Hall–Kier alpha value is -0.870. The molecule has 0 aliphatic heterocycles. The van der Waals surface area contributed by atoms with Gasteiger partial charge >= 0.3 is 0 Å². The minimum atomic E-state index is 0.372. The molecule has 0 spiro atoms. The summed E-state index contributed by atoms with van der Waals surface area (Å²) in [7, 11) is 1.99. The maximum atomic E-state index is 5.76. The van der Waals surface area contributed by atoms with Crippen LogP contribution in [0.25, 0.3) is 0 Å². The minimum Gasteiger partial charge on any atom is -0.273 e. The van der Waals surface area contributed by atoms with E-state index < -0.39 is 0 Å². The molecular formula is C14H26N4. The topological polar surface area (TPSA) is 55.9 Å². The summed E-state index contributed by atoms with van der Waals surface area (Å²) < 4.78 is 1.94. The van der Waals surface area contributed by atoms with Crippen molar-refractivity contribution in [1.82, 2.24) is 15.2 Å². The highest BCUT2D eigenvalue weighted by Gasteiger charge is 2.66. The van der Waals surface area contributed by atoms with E-state index in [0.717, 1.165) is 12.8 Å². The second-order valence-corrected chi connectivity index (χ2v) is 6.68. The third-order valence-corrected chi connectivity index (χ3v) is 5.38. The molecule has 0 amide bonds. The van der Waals surface area contributed by atoms with Crippen LogP contribution in [0.2, 0.25) is 0 Å². The Balaban J connectivity index is 1.98. The third kappa shape index (κ3) is 1.97. The summed E-state index contributed by atoms with van der Waals surface area (Å²) >= 11 is 0. The number of hydrogen-bond donors (Lipinski definition) is 2. The van der Waals surface area contributed by atoms with Gasteiger partial charge in [-0.15, -0.1) is 0 Å². The summed E-state index contributed by atoms with van der Waals surface area (Å²) in [6, 6.07) is 2.46. The predicted octanol–water partition coefficient (Wildman–Crippen LogP) is 1.87. The molecule has 4 heteroatoms. The Labute approximate surface area is 110 Å². The van der Waals surface area contributed by atoms with Crippen molar-refractivity contribution in [2.45, 2.75) is 46.6 Å². The van der Waals surface area contributed by atoms with Crippen LogP contribution in [-0.4, -0.2) is 15.8 Å². The Morgan fingerprint density at radius 2 is 2.00 bits per heavy atom. The minimum absolute atomic E-state index is 0.372. The second-order valence-electron chi connectivity index (χ2n) is 6.68. The molecule has 0 aromatic carbocycles. The fourth-order valence-electron chi connectivity index (χ4n) is 3.55. The maximum Gasteiger partial charge on any atom is 0.0492 e. The molecule has 3 N–H and O–H groups in total. The van der Waals surface area contributed by atoms with E-state index >= 15 is 0 Å². The molecule has 0 saturated heterocycles. The zero-order chi connectivity index (χ0) is 13.6. The number of aryl methyl sites for hydroxylation is 2. The lowest BCUT2D eigenvalue weighted by atomic mass is 9.99. The number of rotatable bonds is 5. The van der Waals surface area contributed by atoms with Gasteiger partial charge in [-0.05, 0) is 35.7 Å². The second kappa shape index (κ2) is 4.35. The summed E-state index contributed by atoms with van der Waals surface area (Å²) in [6.45, 7) is 9.36. The fourth-order valence-corrected chi connectivity index (χ4v) is 3.55. The molecule has 1 unspecified atom stereocenters. The summed E-state index contributed by atoms with van der Waals surface area (Å²) in [5, 5.41) is 4.20. The van der Waals surface area contributed by atoms with Crippen molar-refractivity contribution in [3.63, 3.8) is 0 Å². The van der Waals surface area contributed by atoms with Crippen molar-refractivity contribution in [2.75, 3.05) is 0 Å². The van der Waals surface area contributed by atoms with E-state index in [0.29, 0.717) is 22.8 Å². The molecule has 0 bridgehead atoms. The first-order valence-corrected chi connectivity index (χ1v) is 6.75. The highest BCUT2D eigenvalue weighted by Crippen LogP contribution is 2.69. The lowest BCUT2D eigenvalue weighted by molar-refractivity contribution is 0.380. The van der Waals surface area contributed by atoms with E-state index in [1.165, 1.54) is 5.69 Å². The van der Waals surface area contributed by atoms with Crippen molar-refractivity contribution in [3.05, 3.63) is 18.0 Å². The average Bonchev–Trinajstić information content (AvgIpc) is 2.63. The van der Waals surface area contributed by atoms with Crippen molar-refractivity contribution in [1.29, 1.82) is 0 Å². The molecule has 18 heavy (non-hydrogen) atoms. The van der Waals surface area contributed by atoms with Crippen LogP contribution in [0.3, 0.4) is 0 Å². The Morgan fingerprint density at radius 1 is 1.39 bits per heavy atom. The van der Waals surface area contributed by atoms with E-state index in [1.54, 1.807) is 0 Å². The summed E-state index contributed by atoms with van der Waals surface area (Å²) in [5.41, 5.74) is 5.04. The highest BCUT2D eigenvalue weighted by molar-refractivity contribution is 5.16. The number of hydrazine groups is 1. The van der Waals surface area contributed by atoms with Crippen molar-refractivity contribution >= 4 is 0 Å². The molecule has 1 aromatic heterocycles. The van der Waals surface area contributed by atoms with E-state index in [1.807, 2.05) is 17.9 Å². The van der Waals surface area contributed by atoms with Crippen LogP contribution in [0.15, 0.2) is 12.3 Å².